The zero-order valence-corrected chi connectivity index (χ0v) is 14.3. The standard InChI is InChI=1S/C14H13Cl2NO2S2/c1-20-13-7-6-11(15)8-14(13)21(18,19)17-9-10-4-2-3-5-12(10)16/h2-8,17H,9H2,1H3. The van der Waals surface area contributed by atoms with Gasteiger partial charge < -0.3 is 0 Å². The third-order valence-corrected chi connectivity index (χ3v) is 5.80. The van der Waals surface area contributed by atoms with Crippen molar-refractivity contribution in [2.24, 2.45) is 0 Å². The molecule has 0 saturated carbocycles. The van der Waals surface area contributed by atoms with Gasteiger partial charge in [0.15, 0.2) is 0 Å². The summed E-state index contributed by atoms with van der Waals surface area (Å²) >= 11 is 13.3. The van der Waals surface area contributed by atoms with E-state index in [0.717, 1.165) is 5.56 Å². The molecular formula is C14H13Cl2NO2S2. The van der Waals surface area contributed by atoms with Gasteiger partial charge in [0.05, 0.1) is 4.90 Å². The van der Waals surface area contributed by atoms with Crippen LogP contribution in [0.15, 0.2) is 52.3 Å². The molecule has 0 radical (unpaired) electrons. The number of sulfonamides is 1. The Morgan fingerprint density at radius 2 is 1.86 bits per heavy atom. The van der Waals surface area contributed by atoms with Gasteiger partial charge in [-0.1, -0.05) is 41.4 Å². The number of rotatable bonds is 5. The molecule has 0 aliphatic carbocycles. The second-order valence-electron chi connectivity index (χ2n) is 4.21. The second kappa shape index (κ2) is 7.03. The quantitative estimate of drug-likeness (QED) is 0.811. The van der Waals surface area contributed by atoms with Crippen LogP contribution in [-0.2, 0) is 16.6 Å². The van der Waals surface area contributed by atoms with Gasteiger partial charge in [-0.3, -0.25) is 0 Å². The fourth-order valence-electron chi connectivity index (χ4n) is 1.75. The lowest BCUT2D eigenvalue weighted by Gasteiger charge is -2.11. The molecule has 0 amide bonds. The van der Waals surface area contributed by atoms with E-state index in [1.54, 1.807) is 30.3 Å². The van der Waals surface area contributed by atoms with Crippen molar-refractivity contribution in [2.45, 2.75) is 16.3 Å². The van der Waals surface area contributed by atoms with Crippen LogP contribution >= 0.6 is 35.0 Å². The monoisotopic (exact) mass is 361 g/mol. The molecule has 2 rings (SSSR count). The van der Waals surface area contributed by atoms with E-state index >= 15 is 0 Å². The second-order valence-corrected chi connectivity index (χ2v) is 7.64. The minimum absolute atomic E-state index is 0.127. The van der Waals surface area contributed by atoms with E-state index in [4.69, 9.17) is 23.2 Å². The summed E-state index contributed by atoms with van der Waals surface area (Å²) in [7, 11) is -3.65. The van der Waals surface area contributed by atoms with E-state index in [9.17, 15) is 8.42 Å². The largest absolute Gasteiger partial charge is 0.242 e. The molecule has 0 heterocycles. The van der Waals surface area contributed by atoms with Crippen LogP contribution in [0.3, 0.4) is 0 Å². The molecule has 21 heavy (non-hydrogen) atoms. The smallest absolute Gasteiger partial charge is 0.207 e. The molecule has 7 heteroatoms. The highest BCUT2D eigenvalue weighted by Gasteiger charge is 2.19. The van der Waals surface area contributed by atoms with Crippen molar-refractivity contribution in [2.75, 3.05) is 6.26 Å². The Labute approximate surface area is 138 Å². The van der Waals surface area contributed by atoms with E-state index in [0.29, 0.717) is 14.9 Å². The molecule has 112 valence electrons. The van der Waals surface area contributed by atoms with Crippen LogP contribution in [0.25, 0.3) is 0 Å². The third-order valence-electron chi connectivity index (χ3n) is 2.83. The van der Waals surface area contributed by atoms with Gasteiger partial charge in [0.1, 0.15) is 0 Å². The van der Waals surface area contributed by atoms with Crippen LogP contribution < -0.4 is 4.72 Å². The van der Waals surface area contributed by atoms with E-state index in [2.05, 4.69) is 4.72 Å². The predicted molar refractivity (Wildman–Crippen MR) is 88.7 cm³/mol. The van der Waals surface area contributed by atoms with E-state index < -0.39 is 10.0 Å². The summed E-state index contributed by atoms with van der Waals surface area (Å²) < 4.78 is 27.4. The van der Waals surface area contributed by atoms with Gasteiger partial charge in [-0.15, -0.1) is 11.8 Å². The predicted octanol–water partition coefficient (Wildman–Crippen LogP) is 4.19. The van der Waals surface area contributed by atoms with Crippen LogP contribution in [0.2, 0.25) is 10.0 Å². The number of halogens is 2. The average Bonchev–Trinajstić information content (AvgIpc) is 2.46. The molecule has 2 aromatic rings. The molecule has 0 bridgehead atoms. The van der Waals surface area contributed by atoms with Crippen LogP contribution in [0.5, 0.6) is 0 Å². The maximum atomic E-state index is 12.4. The first-order chi connectivity index (χ1) is 9.94. The molecule has 0 spiro atoms. The van der Waals surface area contributed by atoms with E-state index in [-0.39, 0.29) is 11.4 Å². The summed E-state index contributed by atoms with van der Waals surface area (Å²) in [4.78, 5) is 0.820. The van der Waals surface area contributed by atoms with Crippen molar-refractivity contribution in [3.63, 3.8) is 0 Å². The summed E-state index contributed by atoms with van der Waals surface area (Å²) in [6.07, 6.45) is 1.82. The first-order valence-electron chi connectivity index (χ1n) is 6.00. The first-order valence-corrected chi connectivity index (χ1v) is 9.47. The lowest BCUT2D eigenvalue weighted by atomic mass is 10.2. The van der Waals surface area contributed by atoms with Crippen molar-refractivity contribution in [3.05, 3.63) is 58.1 Å². The molecule has 2 aromatic carbocycles. The Bertz CT molecular complexity index is 748. The lowest BCUT2D eigenvalue weighted by Crippen LogP contribution is -2.24. The number of nitrogens with one attached hydrogen (secondary N) is 1. The Kier molecular flexibility index (Phi) is 5.57. The zero-order valence-electron chi connectivity index (χ0n) is 11.1. The van der Waals surface area contributed by atoms with Crippen LogP contribution in [0, 0.1) is 0 Å². The molecule has 3 nitrogen and oxygen atoms in total. The van der Waals surface area contributed by atoms with Crippen molar-refractivity contribution in [1.82, 2.24) is 4.72 Å². The summed E-state index contributed by atoms with van der Waals surface area (Å²) in [6, 6.07) is 11.9. The number of thioether (sulfide) groups is 1. The normalized spacial score (nSPS) is 11.6. The molecule has 0 aliphatic heterocycles. The SMILES string of the molecule is CSc1ccc(Cl)cc1S(=O)(=O)NCc1ccccc1Cl. The summed E-state index contributed by atoms with van der Waals surface area (Å²) in [5, 5.41) is 0.905. The molecule has 0 aliphatic rings. The summed E-state index contributed by atoms with van der Waals surface area (Å²) in [6.45, 7) is 0.127. The lowest BCUT2D eigenvalue weighted by molar-refractivity contribution is 0.579. The van der Waals surface area contributed by atoms with Gasteiger partial charge in [-0.05, 0) is 36.1 Å². The topological polar surface area (TPSA) is 46.2 Å². The zero-order chi connectivity index (χ0) is 15.5. The number of benzene rings is 2. The van der Waals surface area contributed by atoms with E-state index in [1.165, 1.54) is 17.8 Å². The number of hydrogen-bond donors (Lipinski definition) is 1. The van der Waals surface area contributed by atoms with E-state index in [1.807, 2.05) is 12.3 Å². The minimum Gasteiger partial charge on any atom is -0.207 e. The molecule has 0 atom stereocenters. The van der Waals surface area contributed by atoms with Crippen molar-refractivity contribution in [1.29, 1.82) is 0 Å². The highest BCUT2D eigenvalue weighted by molar-refractivity contribution is 7.99. The Morgan fingerprint density at radius 1 is 1.14 bits per heavy atom. The first kappa shape index (κ1) is 16.6. The highest BCUT2D eigenvalue weighted by Crippen LogP contribution is 2.28. The minimum atomic E-state index is -3.65. The van der Waals surface area contributed by atoms with Crippen molar-refractivity contribution in [3.8, 4) is 0 Å². The maximum absolute atomic E-state index is 12.4. The van der Waals surface area contributed by atoms with Gasteiger partial charge in [0.2, 0.25) is 10.0 Å². The fourth-order valence-corrected chi connectivity index (χ4v) is 4.35. The Hall–Kier alpha value is -0.720. The molecule has 0 saturated heterocycles. The Morgan fingerprint density at radius 3 is 2.52 bits per heavy atom. The molecule has 1 N–H and O–H groups in total. The summed E-state index contributed by atoms with van der Waals surface area (Å²) in [5.74, 6) is 0. The molecule has 0 aromatic heterocycles. The third kappa shape index (κ3) is 4.14. The number of hydrogen-bond acceptors (Lipinski definition) is 3. The van der Waals surface area contributed by atoms with Crippen LogP contribution in [-0.4, -0.2) is 14.7 Å². The fraction of sp³-hybridized carbons (Fsp3) is 0.143. The highest BCUT2D eigenvalue weighted by atomic mass is 35.5. The molecule has 0 unspecified atom stereocenters. The van der Waals surface area contributed by atoms with Gasteiger partial charge in [0, 0.05) is 21.5 Å². The maximum Gasteiger partial charge on any atom is 0.242 e. The Balaban J connectivity index is 2.27. The molecule has 0 fully saturated rings. The van der Waals surface area contributed by atoms with Gasteiger partial charge in [-0.25, -0.2) is 13.1 Å². The van der Waals surface area contributed by atoms with Gasteiger partial charge in [-0.2, -0.15) is 0 Å². The van der Waals surface area contributed by atoms with Crippen molar-refractivity contribution >= 4 is 45.0 Å². The van der Waals surface area contributed by atoms with Crippen LogP contribution in [0.1, 0.15) is 5.56 Å². The van der Waals surface area contributed by atoms with Crippen molar-refractivity contribution < 1.29 is 8.42 Å². The van der Waals surface area contributed by atoms with Crippen LogP contribution in [0.4, 0.5) is 0 Å². The molecular weight excluding hydrogens is 349 g/mol. The van der Waals surface area contributed by atoms with Gasteiger partial charge in [0.25, 0.3) is 0 Å². The average molecular weight is 362 g/mol. The van der Waals surface area contributed by atoms with Gasteiger partial charge >= 0.3 is 0 Å². The summed E-state index contributed by atoms with van der Waals surface area (Å²) in [5.41, 5.74) is 0.718.